The normalized spacial score (nSPS) is 15.5. The van der Waals surface area contributed by atoms with Crippen LogP contribution in [0.3, 0.4) is 0 Å². The summed E-state index contributed by atoms with van der Waals surface area (Å²) < 4.78 is 30.6. The SMILES string of the molecule is CN1CCC/C1=N\S(=O)(=O)c1ccc(NC(=O)c2cc(=O)n(C)c3ccccc23)cc1. The number of anilines is 1. The van der Waals surface area contributed by atoms with Crippen molar-refractivity contribution >= 4 is 38.4 Å². The molecule has 8 nitrogen and oxygen atoms in total. The molecule has 9 heteroatoms. The van der Waals surface area contributed by atoms with Crippen LogP contribution in [0.15, 0.2) is 68.7 Å². The lowest BCUT2D eigenvalue weighted by molar-refractivity contribution is 0.102. The lowest BCUT2D eigenvalue weighted by Gasteiger charge is -2.12. The molecule has 2 aromatic carbocycles. The summed E-state index contributed by atoms with van der Waals surface area (Å²) >= 11 is 0. The van der Waals surface area contributed by atoms with E-state index in [9.17, 15) is 18.0 Å². The van der Waals surface area contributed by atoms with Gasteiger partial charge < -0.3 is 14.8 Å². The first kappa shape index (κ1) is 20.8. The molecule has 0 atom stereocenters. The van der Waals surface area contributed by atoms with Crippen LogP contribution in [0.4, 0.5) is 5.69 Å². The fraction of sp³-hybridized carbons (Fsp3) is 0.227. The van der Waals surface area contributed by atoms with E-state index >= 15 is 0 Å². The average Bonchev–Trinajstić information content (AvgIpc) is 3.14. The Morgan fingerprint density at radius 1 is 1.06 bits per heavy atom. The smallest absolute Gasteiger partial charge is 0.283 e. The van der Waals surface area contributed by atoms with Gasteiger partial charge in [-0.2, -0.15) is 8.42 Å². The molecular formula is C22H22N4O4S. The molecule has 160 valence electrons. The van der Waals surface area contributed by atoms with E-state index in [4.69, 9.17) is 0 Å². The molecule has 0 unspecified atom stereocenters. The van der Waals surface area contributed by atoms with E-state index in [0.717, 1.165) is 13.0 Å². The second-order valence-corrected chi connectivity index (χ2v) is 9.06. The zero-order valence-corrected chi connectivity index (χ0v) is 18.0. The van der Waals surface area contributed by atoms with E-state index in [0.29, 0.717) is 28.8 Å². The van der Waals surface area contributed by atoms with Gasteiger partial charge in [-0.1, -0.05) is 18.2 Å². The van der Waals surface area contributed by atoms with Gasteiger partial charge in [-0.25, -0.2) is 0 Å². The Balaban J connectivity index is 1.59. The topological polar surface area (TPSA) is 101 Å². The van der Waals surface area contributed by atoms with Crippen LogP contribution in [-0.2, 0) is 17.1 Å². The number of carbonyl (C=O) groups is 1. The first-order valence-corrected chi connectivity index (χ1v) is 11.3. The van der Waals surface area contributed by atoms with Gasteiger partial charge in [0.2, 0.25) is 0 Å². The van der Waals surface area contributed by atoms with Gasteiger partial charge in [-0.3, -0.25) is 9.59 Å². The molecule has 1 aromatic heterocycles. The number of likely N-dealkylation sites (tertiary alicyclic amines) is 1. The van der Waals surface area contributed by atoms with Gasteiger partial charge in [-0.15, -0.1) is 4.40 Å². The van der Waals surface area contributed by atoms with Crippen molar-refractivity contribution < 1.29 is 13.2 Å². The minimum absolute atomic E-state index is 0.0531. The van der Waals surface area contributed by atoms with E-state index < -0.39 is 15.9 Å². The van der Waals surface area contributed by atoms with Crippen molar-refractivity contribution in [3.63, 3.8) is 0 Å². The number of aryl methyl sites for hydroxylation is 1. The summed E-state index contributed by atoms with van der Waals surface area (Å²) in [4.78, 5) is 27.0. The molecule has 4 rings (SSSR count). The number of amidine groups is 1. The third-order valence-corrected chi connectivity index (χ3v) is 6.69. The van der Waals surface area contributed by atoms with Gasteiger partial charge in [0, 0.05) is 44.2 Å². The molecule has 0 spiro atoms. The molecule has 1 fully saturated rings. The summed E-state index contributed by atoms with van der Waals surface area (Å²) in [7, 11) is -0.353. The number of sulfonamides is 1. The third-order valence-electron chi connectivity index (χ3n) is 5.37. The molecule has 3 aromatic rings. The molecular weight excluding hydrogens is 416 g/mol. The number of rotatable bonds is 4. The number of para-hydroxylation sites is 1. The Kier molecular flexibility index (Phi) is 5.36. The number of carbonyl (C=O) groups excluding carboxylic acids is 1. The lowest BCUT2D eigenvalue weighted by atomic mass is 10.1. The Morgan fingerprint density at radius 2 is 1.77 bits per heavy atom. The molecule has 1 aliphatic heterocycles. The van der Waals surface area contributed by atoms with E-state index in [-0.39, 0.29) is 16.0 Å². The van der Waals surface area contributed by atoms with E-state index in [1.54, 1.807) is 31.3 Å². The molecule has 0 bridgehead atoms. The Labute approximate surface area is 179 Å². The minimum atomic E-state index is -3.82. The number of hydrogen-bond donors (Lipinski definition) is 1. The van der Waals surface area contributed by atoms with Gasteiger partial charge in [0.1, 0.15) is 5.84 Å². The van der Waals surface area contributed by atoms with Gasteiger partial charge in [0.25, 0.3) is 21.5 Å². The highest BCUT2D eigenvalue weighted by molar-refractivity contribution is 7.90. The number of amides is 1. The van der Waals surface area contributed by atoms with E-state index in [2.05, 4.69) is 9.71 Å². The first-order valence-electron chi connectivity index (χ1n) is 9.81. The maximum absolute atomic E-state index is 12.8. The highest BCUT2D eigenvalue weighted by Crippen LogP contribution is 2.21. The summed E-state index contributed by atoms with van der Waals surface area (Å²) in [6, 6.07) is 14.3. The second kappa shape index (κ2) is 7.99. The lowest BCUT2D eigenvalue weighted by Crippen LogP contribution is -2.21. The van der Waals surface area contributed by atoms with Crippen molar-refractivity contribution in [2.24, 2.45) is 11.4 Å². The van der Waals surface area contributed by atoms with Crippen LogP contribution >= 0.6 is 0 Å². The summed E-state index contributed by atoms with van der Waals surface area (Å²) in [6.07, 6.45) is 1.52. The summed E-state index contributed by atoms with van der Waals surface area (Å²) in [5.41, 5.74) is 1.03. The zero-order valence-electron chi connectivity index (χ0n) is 17.2. The molecule has 0 aliphatic carbocycles. The van der Waals surface area contributed by atoms with Crippen LogP contribution in [-0.4, -0.2) is 43.2 Å². The van der Waals surface area contributed by atoms with Gasteiger partial charge in [0.05, 0.1) is 16.0 Å². The predicted octanol–water partition coefficient (Wildman–Crippen LogP) is 2.60. The first-order chi connectivity index (χ1) is 14.8. The number of aromatic nitrogens is 1. The number of nitrogens with one attached hydrogen (secondary N) is 1. The molecule has 0 saturated carbocycles. The van der Waals surface area contributed by atoms with Crippen molar-refractivity contribution in [3.05, 3.63) is 70.5 Å². The molecule has 0 radical (unpaired) electrons. The molecule has 1 aliphatic rings. The monoisotopic (exact) mass is 438 g/mol. The Morgan fingerprint density at radius 3 is 2.45 bits per heavy atom. The molecule has 1 N–H and O–H groups in total. The van der Waals surface area contributed by atoms with Crippen LogP contribution in [0.1, 0.15) is 23.2 Å². The van der Waals surface area contributed by atoms with Crippen molar-refractivity contribution in [1.29, 1.82) is 0 Å². The predicted molar refractivity (Wildman–Crippen MR) is 120 cm³/mol. The summed E-state index contributed by atoms with van der Waals surface area (Å²) in [5, 5.41) is 3.38. The summed E-state index contributed by atoms with van der Waals surface area (Å²) in [5.74, 6) is 0.104. The van der Waals surface area contributed by atoms with Crippen LogP contribution in [0.25, 0.3) is 10.9 Å². The largest absolute Gasteiger partial charge is 0.362 e. The van der Waals surface area contributed by atoms with E-state index in [1.165, 1.54) is 34.9 Å². The van der Waals surface area contributed by atoms with Gasteiger partial charge >= 0.3 is 0 Å². The Bertz CT molecular complexity index is 1360. The quantitative estimate of drug-likeness (QED) is 0.675. The fourth-order valence-electron chi connectivity index (χ4n) is 3.61. The van der Waals surface area contributed by atoms with Crippen molar-refractivity contribution in [2.75, 3.05) is 18.9 Å². The average molecular weight is 439 g/mol. The van der Waals surface area contributed by atoms with Crippen LogP contribution in [0.5, 0.6) is 0 Å². The highest BCUT2D eigenvalue weighted by atomic mass is 32.2. The maximum Gasteiger partial charge on any atom is 0.283 e. The highest BCUT2D eigenvalue weighted by Gasteiger charge is 2.20. The standard InChI is InChI=1S/C22H22N4O4S/c1-25-13-5-8-20(25)24-31(29,30)16-11-9-15(10-12-16)23-22(28)18-14-21(27)26(2)19-7-4-3-6-17(18)19/h3-4,6-7,9-12,14H,5,8,13H2,1-2H3,(H,23,28)/b24-20+. The van der Waals surface area contributed by atoms with Crippen LogP contribution in [0, 0.1) is 0 Å². The number of pyridine rings is 1. The Hall–Kier alpha value is -3.46. The molecule has 2 heterocycles. The number of fused-ring (bicyclic) bond motifs is 1. The number of hydrogen-bond acceptors (Lipinski definition) is 4. The van der Waals surface area contributed by atoms with Crippen molar-refractivity contribution in [1.82, 2.24) is 9.47 Å². The van der Waals surface area contributed by atoms with E-state index in [1.807, 2.05) is 11.9 Å². The van der Waals surface area contributed by atoms with Crippen molar-refractivity contribution in [2.45, 2.75) is 17.7 Å². The number of benzene rings is 2. The number of nitrogens with zero attached hydrogens (tertiary/aromatic N) is 3. The second-order valence-electron chi connectivity index (χ2n) is 7.46. The zero-order chi connectivity index (χ0) is 22.2. The third kappa shape index (κ3) is 4.09. The molecule has 31 heavy (non-hydrogen) atoms. The van der Waals surface area contributed by atoms with Crippen LogP contribution in [0.2, 0.25) is 0 Å². The van der Waals surface area contributed by atoms with Crippen LogP contribution < -0.4 is 10.9 Å². The van der Waals surface area contributed by atoms with Gasteiger partial charge in [0.15, 0.2) is 0 Å². The van der Waals surface area contributed by atoms with Gasteiger partial charge in [-0.05, 0) is 36.8 Å². The molecule has 1 amide bonds. The minimum Gasteiger partial charge on any atom is -0.362 e. The fourth-order valence-corrected chi connectivity index (χ4v) is 4.70. The maximum atomic E-state index is 12.8. The summed E-state index contributed by atoms with van der Waals surface area (Å²) in [6.45, 7) is 0.788. The molecule has 1 saturated heterocycles. The van der Waals surface area contributed by atoms with Crippen molar-refractivity contribution in [3.8, 4) is 0 Å².